The van der Waals surface area contributed by atoms with E-state index in [0.29, 0.717) is 28.4 Å². The molecule has 0 aliphatic heterocycles. The van der Waals surface area contributed by atoms with Gasteiger partial charge in [0.2, 0.25) is 0 Å². The Kier molecular flexibility index (Phi) is 9.71. The van der Waals surface area contributed by atoms with Crippen LogP contribution in [0.3, 0.4) is 0 Å². The second kappa shape index (κ2) is 12.7. The lowest BCUT2D eigenvalue weighted by atomic mass is 10.2. The van der Waals surface area contributed by atoms with Crippen LogP contribution < -0.4 is 19.2 Å². The van der Waals surface area contributed by atoms with E-state index < -0.39 is 22.5 Å². The molecule has 3 aromatic rings. The summed E-state index contributed by atoms with van der Waals surface area (Å²) in [7, 11) is -2.59. The number of nitrogens with one attached hydrogen (secondary N) is 1. The SMILES string of the molecule is COc1ccc(S(=O)(=O)N(CC(=O)N/N=C\c2ccc(OCC(C)C)cc2)c2ccc(C)cc2)cc1Br. The monoisotopic (exact) mass is 587 g/mol. The number of amides is 1. The molecule has 3 aromatic carbocycles. The number of carbonyl (C=O) groups excluding carboxylic acids is 1. The molecule has 37 heavy (non-hydrogen) atoms. The molecule has 0 heterocycles. The fraction of sp³-hybridized carbons (Fsp3) is 0.259. The van der Waals surface area contributed by atoms with Gasteiger partial charge in [-0.1, -0.05) is 31.5 Å². The third-order valence-corrected chi connectivity index (χ3v) is 7.58. The molecule has 0 radical (unpaired) electrons. The molecular weight excluding hydrogens is 558 g/mol. The van der Waals surface area contributed by atoms with Gasteiger partial charge in [-0.2, -0.15) is 5.10 Å². The molecule has 0 aliphatic rings. The first kappa shape index (κ1) is 28.2. The Bertz CT molecular complexity index is 1340. The first-order valence-corrected chi connectivity index (χ1v) is 13.8. The van der Waals surface area contributed by atoms with Crippen molar-refractivity contribution in [1.82, 2.24) is 5.43 Å². The number of methoxy groups -OCH3 is 1. The summed E-state index contributed by atoms with van der Waals surface area (Å²) in [6.07, 6.45) is 1.48. The predicted octanol–water partition coefficient (Wildman–Crippen LogP) is 5.15. The van der Waals surface area contributed by atoms with Gasteiger partial charge < -0.3 is 9.47 Å². The highest BCUT2D eigenvalue weighted by molar-refractivity contribution is 9.10. The summed E-state index contributed by atoms with van der Waals surface area (Å²) >= 11 is 3.33. The molecule has 0 saturated carbocycles. The summed E-state index contributed by atoms with van der Waals surface area (Å²) in [5.74, 6) is 1.07. The summed E-state index contributed by atoms with van der Waals surface area (Å²) in [5.41, 5.74) is 4.48. The quantitative estimate of drug-likeness (QED) is 0.247. The molecule has 0 unspecified atom stereocenters. The van der Waals surface area contributed by atoms with Crippen LogP contribution in [0.5, 0.6) is 11.5 Å². The van der Waals surface area contributed by atoms with Gasteiger partial charge in [-0.15, -0.1) is 0 Å². The zero-order chi connectivity index (χ0) is 27.0. The van der Waals surface area contributed by atoms with Gasteiger partial charge in [0.05, 0.1) is 35.0 Å². The average molecular weight is 589 g/mol. The van der Waals surface area contributed by atoms with Crippen molar-refractivity contribution >= 4 is 43.8 Å². The number of aryl methyl sites for hydroxylation is 1. The molecule has 196 valence electrons. The van der Waals surface area contributed by atoms with Gasteiger partial charge in [0.1, 0.15) is 18.0 Å². The van der Waals surface area contributed by atoms with E-state index in [-0.39, 0.29) is 4.90 Å². The van der Waals surface area contributed by atoms with E-state index in [9.17, 15) is 13.2 Å². The van der Waals surface area contributed by atoms with Gasteiger partial charge in [0.25, 0.3) is 15.9 Å². The number of rotatable bonds is 11. The second-order valence-electron chi connectivity index (χ2n) is 8.71. The zero-order valence-electron chi connectivity index (χ0n) is 21.1. The largest absolute Gasteiger partial charge is 0.496 e. The Labute approximate surface area is 226 Å². The normalized spacial score (nSPS) is 11.5. The van der Waals surface area contributed by atoms with Gasteiger partial charge in [-0.05, 0) is 88.9 Å². The Hall–Kier alpha value is -3.37. The number of hydrazone groups is 1. The van der Waals surface area contributed by atoms with Crippen molar-refractivity contribution in [1.29, 1.82) is 0 Å². The van der Waals surface area contributed by atoms with E-state index in [1.165, 1.54) is 25.5 Å². The number of sulfonamides is 1. The van der Waals surface area contributed by atoms with E-state index in [1.54, 1.807) is 30.3 Å². The number of hydrogen-bond donors (Lipinski definition) is 1. The molecule has 1 N–H and O–H groups in total. The van der Waals surface area contributed by atoms with Crippen molar-refractivity contribution in [3.05, 3.63) is 82.3 Å². The van der Waals surface area contributed by atoms with Crippen LogP contribution in [0, 0.1) is 12.8 Å². The van der Waals surface area contributed by atoms with Crippen LogP contribution in [0.2, 0.25) is 0 Å². The topological polar surface area (TPSA) is 97.3 Å². The summed E-state index contributed by atoms with van der Waals surface area (Å²) < 4.78 is 39.5. The molecule has 0 bridgehead atoms. The van der Waals surface area contributed by atoms with Crippen molar-refractivity contribution < 1.29 is 22.7 Å². The first-order valence-electron chi connectivity index (χ1n) is 11.6. The molecule has 3 rings (SSSR count). The van der Waals surface area contributed by atoms with Crippen LogP contribution >= 0.6 is 15.9 Å². The molecule has 0 spiro atoms. The van der Waals surface area contributed by atoms with Crippen LogP contribution in [0.4, 0.5) is 5.69 Å². The van der Waals surface area contributed by atoms with Gasteiger partial charge in [-0.3, -0.25) is 9.10 Å². The van der Waals surface area contributed by atoms with Gasteiger partial charge in [-0.25, -0.2) is 13.8 Å². The number of nitrogens with zero attached hydrogens (tertiary/aromatic N) is 2. The van der Waals surface area contributed by atoms with E-state index in [2.05, 4.69) is 40.3 Å². The third kappa shape index (κ3) is 7.80. The fourth-order valence-electron chi connectivity index (χ4n) is 3.22. The molecule has 8 nitrogen and oxygen atoms in total. The summed E-state index contributed by atoms with van der Waals surface area (Å²) in [4.78, 5) is 12.8. The minimum Gasteiger partial charge on any atom is -0.496 e. The molecule has 0 atom stereocenters. The number of anilines is 1. The highest BCUT2D eigenvalue weighted by Gasteiger charge is 2.28. The van der Waals surface area contributed by atoms with Crippen LogP contribution in [0.25, 0.3) is 0 Å². The van der Waals surface area contributed by atoms with Crippen LogP contribution in [-0.4, -0.2) is 40.8 Å². The zero-order valence-corrected chi connectivity index (χ0v) is 23.5. The lowest BCUT2D eigenvalue weighted by Gasteiger charge is -2.24. The van der Waals surface area contributed by atoms with Crippen molar-refractivity contribution in [3.63, 3.8) is 0 Å². The van der Waals surface area contributed by atoms with Crippen LogP contribution in [0.1, 0.15) is 25.0 Å². The van der Waals surface area contributed by atoms with Gasteiger partial charge in [0.15, 0.2) is 0 Å². The number of benzene rings is 3. The van der Waals surface area contributed by atoms with Crippen molar-refractivity contribution in [2.45, 2.75) is 25.7 Å². The lowest BCUT2D eigenvalue weighted by molar-refractivity contribution is -0.119. The van der Waals surface area contributed by atoms with E-state index in [4.69, 9.17) is 9.47 Å². The maximum atomic E-state index is 13.6. The van der Waals surface area contributed by atoms with Crippen molar-refractivity contribution in [3.8, 4) is 11.5 Å². The van der Waals surface area contributed by atoms with E-state index >= 15 is 0 Å². The number of carbonyl (C=O) groups is 1. The number of ether oxygens (including phenoxy) is 2. The highest BCUT2D eigenvalue weighted by atomic mass is 79.9. The standard InChI is InChI=1S/C27H30BrN3O5S/c1-19(2)18-36-23-11-7-21(8-12-23)16-29-30-27(32)17-31(22-9-5-20(3)6-10-22)37(33,34)24-13-14-26(35-4)25(28)15-24/h5-16,19H,17-18H2,1-4H3,(H,30,32)/b29-16-. The third-order valence-electron chi connectivity index (χ3n) is 5.19. The maximum Gasteiger partial charge on any atom is 0.264 e. The van der Waals surface area contributed by atoms with E-state index in [1.807, 2.05) is 31.2 Å². The van der Waals surface area contributed by atoms with Crippen LogP contribution in [-0.2, 0) is 14.8 Å². The molecular formula is C27H30BrN3O5S. The molecule has 0 fully saturated rings. The maximum absolute atomic E-state index is 13.6. The molecule has 0 aliphatic carbocycles. The first-order chi connectivity index (χ1) is 17.6. The predicted molar refractivity (Wildman–Crippen MR) is 149 cm³/mol. The van der Waals surface area contributed by atoms with Crippen molar-refractivity contribution in [2.24, 2.45) is 11.0 Å². The summed E-state index contributed by atoms with van der Waals surface area (Å²) in [6.45, 7) is 6.20. The molecule has 0 aromatic heterocycles. The number of hydrogen-bond acceptors (Lipinski definition) is 6. The Balaban J connectivity index is 1.76. The van der Waals surface area contributed by atoms with E-state index in [0.717, 1.165) is 21.2 Å². The number of halogens is 1. The molecule has 10 heteroatoms. The minimum atomic E-state index is -4.08. The Morgan fingerprint density at radius 3 is 2.35 bits per heavy atom. The lowest BCUT2D eigenvalue weighted by Crippen LogP contribution is -2.39. The Morgan fingerprint density at radius 1 is 1.08 bits per heavy atom. The highest BCUT2D eigenvalue weighted by Crippen LogP contribution is 2.30. The summed E-state index contributed by atoms with van der Waals surface area (Å²) in [5, 5.41) is 3.99. The van der Waals surface area contributed by atoms with Crippen molar-refractivity contribution in [2.75, 3.05) is 24.6 Å². The molecule has 1 amide bonds. The van der Waals surface area contributed by atoms with Gasteiger partial charge in [0, 0.05) is 0 Å². The average Bonchev–Trinajstić information content (AvgIpc) is 2.87. The minimum absolute atomic E-state index is 0.0110. The van der Waals surface area contributed by atoms with Crippen LogP contribution in [0.15, 0.2) is 81.2 Å². The van der Waals surface area contributed by atoms with Gasteiger partial charge >= 0.3 is 0 Å². The molecule has 0 saturated heterocycles. The fourth-order valence-corrected chi connectivity index (χ4v) is 5.36. The smallest absolute Gasteiger partial charge is 0.264 e. The second-order valence-corrected chi connectivity index (χ2v) is 11.4. The Morgan fingerprint density at radius 2 is 1.76 bits per heavy atom. The summed E-state index contributed by atoms with van der Waals surface area (Å²) in [6, 6.07) is 18.6.